The maximum atomic E-state index is 13.3. The van der Waals surface area contributed by atoms with Crippen LogP contribution in [0.4, 0.5) is 5.69 Å². The number of aryl methyl sites for hydroxylation is 1. The first kappa shape index (κ1) is 19.5. The molecule has 150 valence electrons. The van der Waals surface area contributed by atoms with Gasteiger partial charge in [-0.15, -0.1) is 0 Å². The molecule has 0 atom stereocenters. The average Bonchev–Trinajstić information content (AvgIpc) is 3.00. The molecule has 3 aromatic carbocycles. The molecule has 5 heteroatoms. The predicted molar refractivity (Wildman–Crippen MR) is 117 cm³/mol. The van der Waals surface area contributed by atoms with Crippen LogP contribution in [0.2, 0.25) is 0 Å². The van der Waals surface area contributed by atoms with Crippen molar-refractivity contribution in [1.29, 1.82) is 0 Å². The second-order valence-electron chi connectivity index (χ2n) is 7.16. The molecule has 0 radical (unpaired) electrons. The molecule has 1 heterocycles. The molecule has 4 rings (SSSR count). The molecule has 1 aliphatic heterocycles. The second kappa shape index (κ2) is 8.25. The summed E-state index contributed by atoms with van der Waals surface area (Å²) in [5, 5.41) is 3.16. The summed E-state index contributed by atoms with van der Waals surface area (Å²) in [5.74, 6) is 0.00886. The van der Waals surface area contributed by atoms with Crippen molar-refractivity contribution in [1.82, 2.24) is 4.90 Å². The lowest BCUT2D eigenvalue weighted by molar-refractivity contribution is -0.137. The summed E-state index contributed by atoms with van der Waals surface area (Å²) in [6.45, 7) is 2.22. The second-order valence-corrected chi connectivity index (χ2v) is 7.16. The van der Waals surface area contributed by atoms with E-state index in [4.69, 9.17) is 4.74 Å². The van der Waals surface area contributed by atoms with E-state index in [1.165, 1.54) is 4.90 Å². The van der Waals surface area contributed by atoms with Crippen LogP contribution < -0.4 is 10.1 Å². The lowest BCUT2D eigenvalue weighted by atomic mass is 10.0. The lowest BCUT2D eigenvalue weighted by Crippen LogP contribution is -2.32. The van der Waals surface area contributed by atoms with Crippen molar-refractivity contribution in [3.8, 4) is 5.75 Å². The Kier molecular flexibility index (Phi) is 5.35. The van der Waals surface area contributed by atoms with E-state index >= 15 is 0 Å². The van der Waals surface area contributed by atoms with Gasteiger partial charge in [0.25, 0.3) is 11.8 Å². The SMILES string of the molecule is COc1cccc(NC2=C(c3ccccc3)C(=O)N(Cc3ccc(C)cc3)C2=O)c1. The van der Waals surface area contributed by atoms with Crippen LogP contribution in [0.3, 0.4) is 0 Å². The maximum absolute atomic E-state index is 13.3. The zero-order chi connectivity index (χ0) is 21.1. The van der Waals surface area contributed by atoms with Crippen molar-refractivity contribution in [2.24, 2.45) is 0 Å². The molecule has 30 heavy (non-hydrogen) atoms. The van der Waals surface area contributed by atoms with Crippen molar-refractivity contribution in [2.45, 2.75) is 13.5 Å². The standard InChI is InChI=1S/C25H22N2O3/c1-17-11-13-18(14-12-17)16-27-24(28)22(19-7-4-3-5-8-19)23(25(27)29)26-20-9-6-10-21(15-20)30-2/h3-15,26H,16H2,1-2H3. The molecule has 0 saturated heterocycles. The number of carbonyl (C=O) groups is 2. The number of imide groups is 1. The normalized spacial score (nSPS) is 13.7. The van der Waals surface area contributed by atoms with Gasteiger partial charge in [0.05, 0.1) is 19.2 Å². The summed E-state index contributed by atoms with van der Waals surface area (Å²) in [7, 11) is 1.58. The van der Waals surface area contributed by atoms with Crippen LogP contribution >= 0.6 is 0 Å². The highest BCUT2D eigenvalue weighted by Crippen LogP contribution is 2.32. The molecule has 0 unspecified atom stereocenters. The molecule has 0 aromatic heterocycles. The highest BCUT2D eigenvalue weighted by molar-refractivity contribution is 6.36. The summed E-state index contributed by atoms with van der Waals surface area (Å²) in [6.07, 6.45) is 0. The van der Waals surface area contributed by atoms with Gasteiger partial charge in [0, 0.05) is 11.8 Å². The topological polar surface area (TPSA) is 58.6 Å². The van der Waals surface area contributed by atoms with Gasteiger partial charge in [0.15, 0.2) is 0 Å². The smallest absolute Gasteiger partial charge is 0.278 e. The third-order valence-corrected chi connectivity index (χ3v) is 5.03. The number of methoxy groups -OCH3 is 1. The Balaban J connectivity index is 1.72. The van der Waals surface area contributed by atoms with Crippen LogP contribution in [-0.4, -0.2) is 23.8 Å². The third kappa shape index (κ3) is 3.82. The van der Waals surface area contributed by atoms with Crippen LogP contribution in [0, 0.1) is 6.92 Å². The highest BCUT2D eigenvalue weighted by Gasteiger charge is 2.39. The summed E-state index contributed by atoms with van der Waals surface area (Å²) in [6, 6.07) is 24.3. The van der Waals surface area contributed by atoms with Gasteiger partial charge >= 0.3 is 0 Å². The Morgan fingerprint density at radius 2 is 1.60 bits per heavy atom. The summed E-state index contributed by atoms with van der Waals surface area (Å²) < 4.78 is 5.27. The quantitative estimate of drug-likeness (QED) is 0.626. The van der Waals surface area contributed by atoms with E-state index in [0.29, 0.717) is 22.6 Å². The Hall–Kier alpha value is -3.86. The number of anilines is 1. The molecule has 1 N–H and O–H groups in total. The van der Waals surface area contributed by atoms with Crippen molar-refractivity contribution in [3.05, 3.63) is 101 Å². The first-order chi connectivity index (χ1) is 14.6. The van der Waals surface area contributed by atoms with Gasteiger partial charge in [-0.25, -0.2) is 0 Å². The molecule has 1 aliphatic rings. The van der Waals surface area contributed by atoms with Gasteiger partial charge in [-0.3, -0.25) is 14.5 Å². The highest BCUT2D eigenvalue weighted by atomic mass is 16.5. The van der Waals surface area contributed by atoms with Crippen LogP contribution in [0.1, 0.15) is 16.7 Å². The number of amides is 2. The van der Waals surface area contributed by atoms with Crippen molar-refractivity contribution >= 4 is 23.1 Å². The van der Waals surface area contributed by atoms with Crippen molar-refractivity contribution in [3.63, 3.8) is 0 Å². The van der Waals surface area contributed by atoms with E-state index in [1.54, 1.807) is 13.2 Å². The van der Waals surface area contributed by atoms with Crippen LogP contribution in [-0.2, 0) is 16.1 Å². The molecule has 3 aromatic rings. The number of nitrogens with zero attached hydrogens (tertiary/aromatic N) is 1. The minimum Gasteiger partial charge on any atom is -0.497 e. The minimum absolute atomic E-state index is 0.220. The Morgan fingerprint density at radius 1 is 0.867 bits per heavy atom. The molecular weight excluding hydrogens is 376 g/mol. The van der Waals surface area contributed by atoms with E-state index in [0.717, 1.165) is 11.1 Å². The maximum Gasteiger partial charge on any atom is 0.278 e. The number of carbonyl (C=O) groups excluding carboxylic acids is 2. The molecule has 0 bridgehead atoms. The zero-order valence-corrected chi connectivity index (χ0v) is 16.9. The molecule has 0 spiro atoms. The Bertz CT molecular complexity index is 1120. The fraction of sp³-hybridized carbons (Fsp3) is 0.120. The lowest BCUT2D eigenvalue weighted by Gasteiger charge is -2.15. The van der Waals surface area contributed by atoms with Gasteiger partial charge in [-0.05, 0) is 30.2 Å². The van der Waals surface area contributed by atoms with E-state index in [2.05, 4.69) is 5.32 Å². The molecule has 0 saturated carbocycles. The number of hydrogen-bond acceptors (Lipinski definition) is 4. The predicted octanol–water partition coefficient (Wildman–Crippen LogP) is 4.40. The van der Waals surface area contributed by atoms with Crippen molar-refractivity contribution < 1.29 is 14.3 Å². The van der Waals surface area contributed by atoms with E-state index in [1.807, 2.05) is 79.7 Å². The number of rotatable bonds is 6. The Labute approximate surface area is 175 Å². The van der Waals surface area contributed by atoms with Crippen molar-refractivity contribution in [2.75, 3.05) is 12.4 Å². The van der Waals surface area contributed by atoms with Crippen LogP contribution in [0.5, 0.6) is 5.75 Å². The zero-order valence-electron chi connectivity index (χ0n) is 16.9. The third-order valence-electron chi connectivity index (χ3n) is 5.03. The van der Waals surface area contributed by atoms with Gasteiger partial charge in [-0.1, -0.05) is 66.2 Å². The number of benzene rings is 3. The first-order valence-electron chi connectivity index (χ1n) is 9.69. The first-order valence-corrected chi connectivity index (χ1v) is 9.69. The van der Waals surface area contributed by atoms with Crippen LogP contribution in [0.15, 0.2) is 84.6 Å². The van der Waals surface area contributed by atoms with Gasteiger partial charge < -0.3 is 10.1 Å². The molecular formula is C25H22N2O3. The molecule has 0 aliphatic carbocycles. The van der Waals surface area contributed by atoms with Gasteiger partial charge in [0.2, 0.25) is 0 Å². The number of hydrogen-bond donors (Lipinski definition) is 1. The molecule has 0 fully saturated rings. The molecule has 5 nitrogen and oxygen atoms in total. The molecule has 2 amide bonds. The fourth-order valence-corrected chi connectivity index (χ4v) is 3.43. The minimum atomic E-state index is -0.345. The Morgan fingerprint density at radius 3 is 2.30 bits per heavy atom. The average molecular weight is 398 g/mol. The number of nitrogens with one attached hydrogen (secondary N) is 1. The van der Waals surface area contributed by atoms with Gasteiger partial charge in [-0.2, -0.15) is 0 Å². The summed E-state index contributed by atoms with van der Waals surface area (Å²) in [4.78, 5) is 27.9. The van der Waals surface area contributed by atoms with E-state index in [-0.39, 0.29) is 24.1 Å². The monoisotopic (exact) mass is 398 g/mol. The summed E-state index contributed by atoms with van der Waals surface area (Å²) in [5.41, 5.74) is 4.05. The number of ether oxygens (including phenoxy) is 1. The fourth-order valence-electron chi connectivity index (χ4n) is 3.43. The largest absolute Gasteiger partial charge is 0.497 e. The van der Waals surface area contributed by atoms with E-state index in [9.17, 15) is 9.59 Å². The van der Waals surface area contributed by atoms with Gasteiger partial charge in [0.1, 0.15) is 11.4 Å². The van der Waals surface area contributed by atoms with E-state index < -0.39 is 0 Å². The summed E-state index contributed by atoms with van der Waals surface area (Å²) >= 11 is 0. The van der Waals surface area contributed by atoms with Crippen LogP contribution in [0.25, 0.3) is 5.57 Å².